The van der Waals surface area contributed by atoms with Crippen LogP contribution in [0.4, 0.5) is 5.69 Å². The Bertz CT molecular complexity index is 1090. The highest BCUT2D eigenvalue weighted by Gasteiger charge is 2.30. The molecule has 10 heteroatoms. The summed E-state index contributed by atoms with van der Waals surface area (Å²) in [6.45, 7) is 1.61. The van der Waals surface area contributed by atoms with Gasteiger partial charge in [0.15, 0.2) is 0 Å². The zero-order valence-electron chi connectivity index (χ0n) is 16.2. The van der Waals surface area contributed by atoms with E-state index in [2.05, 4.69) is 15.1 Å². The molecular formula is C20H22N8O2. The number of aromatic amines is 1. The molecule has 0 radical (unpaired) electrons. The molecule has 0 unspecified atom stereocenters. The number of carbonyl (C=O) groups excluding carboxylic acids is 2. The Morgan fingerprint density at radius 1 is 1.03 bits per heavy atom. The number of benzene rings is 1. The molecule has 30 heavy (non-hydrogen) atoms. The van der Waals surface area contributed by atoms with E-state index in [1.54, 1.807) is 18.3 Å². The van der Waals surface area contributed by atoms with Crippen LogP contribution in [0, 0.1) is 0 Å². The molecular weight excluding hydrogens is 384 g/mol. The summed E-state index contributed by atoms with van der Waals surface area (Å²) in [6, 6.07) is 12.8. The number of aromatic nitrogens is 2. The van der Waals surface area contributed by atoms with Crippen molar-refractivity contribution in [2.75, 3.05) is 31.2 Å². The first-order valence-corrected chi connectivity index (χ1v) is 9.48. The number of pyridine rings is 1. The number of carbonyl (C=O) groups is 2. The number of nitrogens with two attached hydrogens (primary N) is 2. The molecule has 5 N–H and O–H groups in total. The maximum atomic E-state index is 12.8. The molecule has 0 spiro atoms. The van der Waals surface area contributed by atoms with Crippen molar-refractivity contribution in [3.05, 3.63) is 60.4 Å². The van der Waals surface area contributed by atoms with Gasteiger partial charge in [0.1, 0.15) is 5.65 Å². The van der Waals surface area contributed by atoms with Gasteiger partial charge in [0.2, 0.25) is 5.96 Å². The van der Waals surface area contributed by atoms with E-state index in [9.17, 15) is 9.59 Å². The minimum atomic E-state index is -0.555. The van der Waals surface area contributed by atoms with Gasteiger partial charge in [0, 0.05) is 44.0 Å². The van der Waals surface area contributed by atoms with Crippen LogP contribution in [0.5, 0.6) is 0 Å². The normalized spacial score (nSPS) is 14.8. The first-order chi connectivity index (χ1) is 14.6. The summed E-state index contributed by atoms with van der Waals surface area (Å²) in [5.41, 5.74) is 1.64. The number of nitrogens with one attached hydrogen (secondary N) is 1. The third-order valence-electron chi connectivity index (χ3n) is 5.11. The average Bonchev–Trinajstić information content (AvgIpc) is 3.24. The van der Waals surface area contributed by atoms with E-state index in [0.717, 1.165) is 5.69 Å². The molecule has 3 aromatic rings. The van der Waals surface area contributed by atoms with Crippen molar-refractivity contribution in [3.63, 3.8) is 0 Å². The lowest BCUT2D eigenvalue weighted by Crippen LogP contribution is -2.57. The second-order valence-electron chi connectivity index (χ2n) is 6.84. The van der Waals surface area contributed by atoms with E-state index in [1.165, 1.54) is 16.1 Å². The molecule has 0 atom stereocenters. The van der Waals surface area contributed by atoms with Crippen molar-refractivity contribution >= 4 is 34.4 Å². The number of piperazine rings is 1. The number of nitrogens with zero attached hydrogens (tertiary/aromatic N) is 5. The Morgan fingerprint density at radius 3 is 2.43 bits per heavy atom. The molecule has 1 aliphatic heterocycles. The van der Waals surface area contributed by atoms with Crippen molar-refractivity contribution < 1.29 is 9.59 Å². The van der Waals surface area contributed by atoms with Crippen LogP contribution in [0.15, 0.2) is 60.0 Å². The lowest BCUT2D eigenvalue weighted by molar-refractivity contribution is -0.127. The summed E-state index contributed by atoms with van der Waals surface area (Å²) in [6.07, 6.45) is 3.15. The van der Waals surface area contributed by atoms with Crippen LogP contribution in [-0.2, 0) is 4.79 Å². The molecule has 4 rings (SSSR count). The average molecular weight is 406 g/mol. The number of hydrazone groups is 1. The Kier molecular flexibility index (Phi) is 5.31. The first-order valence-electron chi connectivity index (χ1n) is 9.48. The van der Waals surface area contributed by atoms with Crippen LogP contribution in [0.25, 0.3) is 11.0 Å². The van der Waals surface area contributed by atoms with Gasteiger partial charge in [0.25, 0.3) is 11.7 Å². The maximum Gasteiger partial charge on any atom is 0.295 e. The topological polar surface area (TPSA) is 137 Å². The molecule has 1 amide bonds. The number of rotatable bonds is 3. The molecule has 154 valence electrons. The summed E-state index contributed by atoms with van der Waals surface area (Å²) in [5.74, 6) is 11.1. The number of Topliss-reactive ketones (excluding diaryl/α,β-unsaturated/α-hetero) is 1. The molecule has 3 heterocycles. The predicted octanol–water partition coefficient (Wildman–Crippen LogP) is 0.500. The van der Waals surface area contributed by atoms with Gasteiger partial charge in [-0.1, -0.05) is 18.2 Å². The standard InChI is InChI=1S/C20H22N8O2/c21-25-20(28(22)14-5-2-1-3-6-14)27-11-9-26(10-12-27)19(30)17(29)16-13-24-18-15(16)7-4-8-23-18/h1-8,13H,9-12,21-22H2,(H,23,24)/b25-20-. The molecule has 1 saturated heterocycles. The van der Waals surface area contributed by atoms with Crippen LogP contribution in [0.3, 0.4) is 0 Å². The molecule has 1 aromatic carbocycles. The van der Waals surface area contributed by atoms with Gasteiger partial charge in [-0.05, 0) is 24.3 Å². The van der Waals surface area contributed by atoms with Crippen molar-refractivity contribution in [1.29, 1.82) is 0 Å². The van der Waals surface area contributed by atoms with Crippen LogP contribution in [0.2, 0.25) is 0 Å². The first kappa shape index (κ1) is 19.4. The second kappa shape index (κ2) is 8.21. The van der Waals surface area contributed by atoms with E-state index >= 15 is 0 Å². The fourth-order valence-corrected chi connectivity index (χ4v) is 3.51. The fourth-order valence-electron chi connectivity index (χ4n) is 3.51. The van der Waals surface area contributed by atoms with Gasteiger partial charge in [-0.3, -0.25) is 9.59 Å². The summed E-state index contributed by atoms with van der Waals surface area (Å²) in [4.78, 5) is 36.0. The SMILES string of the molecule is N/N=C(/N1CCN(C(=O)C(=O)c2c[nH]c3ncccc23)CC1)N(N)c1ccccc1. The quantitative estimate of drug-likeness (QED) is 0.144. The molecule has 1 aliphatic rings. The van der Waals surface area contributed by atoms with Crippen LogP contribution in [-0.4, -0.2) is 63.6 Å². The number of H-pyrrole nitrogens is 1. The monoisotopic (exact) mass is 406 g/mol. The van der Waals surface area contributed by atoms with Crippen LogP contribution >= 0.6 is 0 Å². The van der Waals surface area contributed by atoms with Crippen molar-refractivity contribution in [3.8, 4) is 0 Å². The Hall–Kier alpha value is -3.92. The third kappa shape index (κ3) is 3.55. The Labute approximate surface area is 172 Å². The number of ketones is 1. The number of fused-ring (bicyclic) bond motifs is 1. The minimum Gasteiger partial charge on any atom is -0.345 e. The molecule has 10 nitrogen and oxygen atoms in total. The van der Waals surface area contributed by atoms with Gasteiger partial charge < -0.3 is 20.6 Å². The minimum absolute atomic E-state index is 0.326. The lowest BCUT2D eigenvalue weighted by atomic mass is 10.1. The number of anilines is 1. The zero-order valence-corrected chi connectivity index (χ0v) is 16.2. The summed E-state index contributed by atoms with van der Waals surface area (Å²) in [5, 5.41) is 5.87. The van der Waals surface area contributed by atoms with Gasteiger partial charge in [-0.15, -0.1) is 5.10 Å². The van der Waals surface area contributed by atoms with E-state index in [-0.39, 0.29) is 0 Å². The lowest BCUT2D eigenvalue weighted by Gasteiger charge is -2.38. The summed E-state index contributed by atoms with van der Waals surface area (Å²) in [7, 11) is 0. The molecule has 2 aromatic heterocycles. The summed E-state index contributed by atoms with van der Waals surface area (Å²) < 4.78 is 0. The van der Waals surface area contributed by atoms with E-state index in [0.29, 0.717) is 48.7 Å². The van der Waals surface area contributed by atoms with E-state index in [1.807, 2.05) is 35.2 Å². The van der Waals surface area contributed by atoms with Crippen molar-refractivity contribution in [1.82, 2.24) is 19.8 Å². The maximum absolute atomic E-state index is 12.8. The van der Waals surface area contributed by atoms with Crippen LogP contribution < -0.4 is 16.7 Å². The number of para-hydroxylation sites is 1. The molecule has 0 saturated carbocycles. The van der Waals surface area contributed by atoms with Crippen molar-refractivity contribution in [2.45, 2.75) is 0 Å². The highest BCUT2D eigenvalue weighted by Crippen LogP contribution is 2.18. The van der Waals surface area contributed by atoms with Gasteiger partial charge >= 0.3 is 0 Å². The molecule has 0 aliphatic carbocycles. The second-order valence-corrected chi connectivity index (χ2v) is 6.84. The van der Waals surface area contributed by atoms with Crippen molar-refractivity contribution in [2.24, 2.45) is 16.8 Å². The largest absolute Gasteiger partial charge is 0.345 e. The highest BCUT2D eigenvalue weighted by molar-refractivity contribution is 6.44. The third-order valence-corrected chi connectivity index (χ3v) is 5.11. The number of hydrazine groups is 1. The molecule has 0 bridgehead atoms. The Morgan fingerprint density at radius 2 is 1.73 bits per heavy atom. The smallest absolute Gasteiger partial charge is 0.295 e. The Balaban J connectivity index is 1.42. The van der Waals surface area contributed by atoms with E-state index < -0.39 is 11.7 Å². The number of guanidine groups is 1. The van der Waals surface area contributed by atoms with Crippen LogP contribution in [0.1, 0.15) is 10.4 Å². The highest BCUT2D eigenvalue weighted by atomic mass is 16.2. The molecule has 1 fully saturated rings. The number of amides is 1. The summed E-state index contributed by atoms with van der Waals surface area (Å²) >= 11 is 0. The predicted molar refractivity (Wildman–Crippen MR) is 113 cm³/mol. The van der Waals surface area contributed by atoms with Gasteiger partial charge in [0.05, 0.1) is 11.3 Å². The zero-order chi connectivity index (χ0) is 21.1. The number of hydrogen-bond donors (Lipinski definition) is 3. The van der Waals surface area contributed by atoms with Gasteiger partial charge in [-0.25, -0.2) is 15.8 Å². The number of hydrogen-bond acceptors (Lipinski definition) is 6. The van der Waals surface area contributed by atoms with Gasteiger partial charge in [-0.2, -0.15) is 0 Å². The van der Waals surface area contributed by atoms with E-state index in [4.69, 9.17) is 11.7 Å². The fraction of sp³-hybridized carbons (Fsp3) is 0.200.